The Labute approximate surface area is 100 Å². The Kier molecular flexibility index (Phi) is 3.81. The largest absolute Gasteiger partial charge is 0.314 e. The highest BCUT2D eigenvalue weighted by Gasteiger charge is 2.20. The highest BCUT2D eigenvalue weighted by Crippen LogP contribution is 2.19. The minimum atomic E-state index is 0.722. The van der Waals surface area contributed by atoms with Crippen LogP contribution in [0.3, 0.4) is 0 Å². The van der Waals surface area contributed by atoms with Crippen molar-refractivity contribution in [3.8, 4) is 0 Å². The fourth-order valence-electron chi connectivity index (χ4n) is 1.79. The van der Waals surface area contributed by atoms with Gasteiger partial charge in [-0.2, -0.15) is 0 Å². The van der Waals surface area contributed by atoms with Gasteiger partial charge in [-0.3, -0.25) is 0 Å². The van der Waals surface area contributed by atoms with Crippen LogP contribution < -0.4 is 5.32 Å². The molecule has 1 N–H and O–H groups in total. The monoisotopic (exact) mass is 267 g/mol. The van der Waals surface area contributed by atoms with Crippen molar-refractivity contribution >= 4 is 15.9 Å². The number of hydrogen-bond acceptors (Lipinski definition) is 1. The number of hydrogen-bond donors (Lipinski definition) is 1. The highest BCUT2D eigenvalue weighted by molar-refractivity contribution is 9.10. The summed E-state index contributed by atoms with van der Waals surface area (Å²) in [4.78, 5) is 0. The first-order chi connectivity index (χ1) is 7.24. The summed E-state index contributed by atoms with van der Waals surface area (Å²) in [6.45, 7) is 3.47. The summed E-state index contributed by atoms with van der Waals surface area (Å²) in [6.07, 6.45) is 3.92. The summed E-state index contributed by atoms with van der Waals surface area (Å²) in [5, 5.41) is 3.58. The van der Waals surface area contributed by atoms with Gasteiger partial charge in [-0.05, 0) is 49.4 Å². The van der Waals surface area contributed by atoms with Crippen molar-refractivity contribution < 1.29 is 0 Å². The predicted octanol–water partition coefficient (Wildman–Crippen LogP) is 3.38. The quantitative estimate of drug-likeness (QED) is 0.863. The number of benzene rings is 1. The molecule has 0 spiro atoms. The van der Waals surface area contributed by atoms with Crippen molar-refractivity contribution in [2.45, 2.75) is 32.2 Å². The van der Waals surface area contributed by atoms with Crippen LogP contribution in [0.25, 0.3) is 0 Å². The molecule has 82 valence electrons. The lowest BCUT2D eigenvalue weighted by atomic mass is 10.0. The number of nitrogens with one attached hydrogen (secondary N) is 1. The van der Waals surface area contributed by atoms with Crippen LogP contribution in [0.5, 0.6) is 0 Å². The van der Waals surface area contributed by atoms with Gasteiger partial charge in [-0.15, -0.1) is 0 Å². The van der Waals surface area contributed by atoms with E-state index in [2.05, 4.69) is 52.4 Å². The Hall–Kier alpha value is -0.340. The normalized spacial score (nSPS) is 17.7. The molecule has 0 aromatic heterocycles. The summed E-state index contributed by atoms with van der Waals surface area (Å²) in [5.41, 5.74) is 1.43. The van der Waals surface area contributed by atoms with E-state index in [4.69, 9.17) is 0 Å². The van der Waals surface area contributed by atoms with Crippen LogP contribution in [-0.2, 0) is 6.42 Å². The molecule has 1 saturated carbocycles. The molecule has 0 amide bonds. The van der Waals surface area contributed by atoms with Crippen molar-refractivity contribution in [2.75, 3.05) is 6.54 Å². The molecule has 0 radical (unpaired) electrons. The highest BCUT2D eigenvalue weighted by atomic mass is 79.9. The van der Waals surface area contributed by atoms with Gasteiger partial charge >= 0.3 is 0 Å². The smallest absolute Gasteiger partial charge is 0.0177 e. The molecule has 1 aliphatic carbocycles. The average molecular weight is 268 g/mol. The van der Waals surface area contributed by atoms with Crippen LogP contribution in [0, 0.1) is 5.92 Å². The second kappa shape index (κ2) is 5.13. The van der Waals surface area contributed by atoms with Crippen molar-refractivity contribution in [3.05, 3.63) is 34.3 Å². The second-order valence-electron chi connectivity index (χ2n) is 4.62. The van der Waals surface area contributed by atoms with Crippen LogP contribution in [-0.4, -0.2) is 12.6 Å². The molecule has 0 aliphatic heterocycles. The fraction of sp³-hybridized carbons (Fsp3) is 0.538. The Morgan fingerprint density at radius 2 is 2.27 bits per heavy atom. The van der Waals surface area contributed by atoms with Crippen LogP contribution in [0.1, 0.15) is 25.3 Å². The maximum atomic E-state index is 3.58. The summed E-state index contributed by atoms with van der Waals surface area (Å²) < 4.78 is 1.18. The van der Waals surface area contributed by atoms with Crippen LogP contribution >= 0.6 is 15.9 Å². The third-order valence-corrected chi connectivity index (χ3v) is 3.30. The van der Waals surface area contributed by atoms with Crippen molar-refractivity contribution in [1.82, 2.24) is 5.32 Å². The van der Waals surface area contributed by atoms with Gasteiger partial charge in [0.2, 0.25) is 0 Å². The molecule has 2 rings (SSSR count). The summed E-state index contributed by atoms with van der Waals surface area (Å²) in [7, 11) is 0. The first-order valence-corrected chi connectivity index (χ1v) is 6.51. The molecule has 0 saturated heterocycles. The number of rotatable bonds is 5. The van der Waals surface area contributed by atoms with E-state index in [0.29, 0.717) is 0 Å². The first-order valence-electron chi connectivity index (χ1n) is 5.72. The third-order valence-electron chi connectivity index (χ3n) is 2.81. The van der Waals surface area contributed by atoms with Gasteiger partial charge in [0, 0.05) is 10.5 Å². The van der Waals surface area contributed by atoms with E-state index in [-0.39, 0.29) is 0 Å². The van der Waals surface area contributed by atoms with E-state index >= 15 is 0 Å². The molecule has 1 aromatic rings. The van der Waals surface area contributed by atoms with Gasteiger partial charge in [0.15, 0.2) is 0 Å². The van der Waals surface area contributed by atoms with Crippen molar-refractivity contribution in [1.29, 1.82) is 0 Å². The molecule has 1 aromatic carbocycles. The Morgan fingerprint density at radius 3 is 2.93 bits per heavy atom. The molecule has 1 aliphatic rings. The molecule has 2 heteroatoms. The summed E-state index contributed by atoms with van der Waals surface area (Å²) in [5.74, 6) is 0.722. The summed E-state index contributed by atoms with van der Waals surface area (Å²) in [6, 6.07) is 9.44. The van der Waals surface area contributed by atoms with Gasteiger partial charge in [0.05, 0.1) is 0 Å². The standard InChI is InChI=1S/C13H18BrN/c1-10(9-15-13-5-6-13)7-11-3-2-4-12(14)8-11/h2-4,8,10,13,15H,5-7,9H2,1H3. The zero-order chi connectivity index (χ0) is 10.7. The van der Waals surface area contributed by atoms with Crippen molar-refractivity contribution in [2.24, 2.45) is 5.92 Å². The van der Waals surface area contributed by atoms with Crippen LogP contribution in [0.4, 0.5) is 0 Å². The fourth-order valence-corrected chi connectivity index (χ4v) is 2.24. The van der Waals surface area contributed by atoms with Crippen molar-refractivity contribution in [3.63, 3.8) is 0 Å². The van der Waals surface area contributed by atoms with Gasteiger partial charge in [-0.1, -0.05) is 35.0 Å². The minimum Gasteiger partial charge on any atom is -0.314 e. The Bertz CT molecular complexity index is 320. The zero-order valence-corrected chi connectivity index (χ0v) is 10.8. The van der Waals surface area contributed by atoms with E-state index in [1.807, 2.05) is 0 Å². The predicted molar refractivity (Wildman–Crippen MR) is 68.0 cm³/mol. The van der Waals surface area contributed by atoms with E-state index in [1.165, 1.54) is 29.3 Å². The molecule has 1 atom stereocenters. The maximum Gasteiger partial charge on any atom is 0.0177 e. The number of halogens is 1. The molecule has 15 heavy (non-hydrogen) atoms. The van der Waals surface area contributed by atoms with Gasteiger partial charge < -0.3 is 5.32 Å². The molecular formula is C13H18BrN. The lowest BCUT2D eigenvalue weighted by Gasteiger charge is -2.12. The first kappa shape index (κ1) is 11.2. The van der Waals surface area contributed by atoms with Gasteiger partial charge in [0.1, 0.15) is 0 Å². The van der Waals surface area contributed by atoms with Crippen LogP contribution in [0.2, 0.25) is 0 Å². The molecule has 0 bridgehead atoms. The molecule has 1 nitrogen and oxygen atoms in total. The topological polar surface area (TPSA) is 12.0 Å². The molecule has 0 heterocycles. The molecular weight excluding hydrogens is 250 g/mol. The average Bonchev–Trinajstić information content (AvgIpc) is 2.98. The Balaban J connectivity index is 1.79. The minimum absolute atomic E-state index is 0.722. The van der Waals surface area contributed by atoms with E-state index in [9.17, 15) is 0 Å². The molecule has 1 unspecified atom stereocenters. The van der Waals surface area contributed by atoms with E-state index in [1.54, 1.807) is 0 Å². The zero-order valence-electron chi connectivity index (χ0n) is 9.17. The van der Waals surface area contributed by atoms with Crippen LogP contribution in [0.15, 0.2) is 28.7 Å². The third kappa shape index (κ3) is 3.96. The van der Waals surface area contributed by atoms with Gasteiger partial charge in [0.25, 0.3) is 0 Å². The summed E-state index contributed by atoms with van der Waals surface area (Å²) >= 11 is 3.51. The lowest BCUT2D eigenvalue weighted by Crippen LogP contribution is -2.24. The maximum absolute atomic E-state index is 3.58. The SMILES string of the molecule is CC(CNC1CC1)Cc1cccc(Br)c1. The molecule has 1 fully saturated rings. The van der Waals surface area contributed by atoms with E-state index < -0.39 is 0 Å². The van der Waals surface area contributed by atoms with E-state index in [0.717, 1.165) is 18.5 Å². The lowest BCUT2D eigenvalue weighted by molar-refractivity contribution is 0.509. The van der Waals surface area contributed by atoms with Gasteiger partial charge in [-0.25, -0.2) is 0 Å². The second-order valence-corrected chi connectivity index (χ2v) is 5.54. The Morgan fingerprint density at radius 1 is 1.47 bits per heavy atom.